The maximum Gasteiger partial charge on any atom is 0.343 e. The van der Waals surface area contributed by atoms with Gasteiger partial charge in [-0.25, -0.2) is 9.80 Å². The number of carbonyl (C=O) groups excluding carboxylic acids is 1. The van der Waals surface area contributed by atoms with E-state index < -0.39 is 16.9 Å². The highest BCUT2D eigenvalue weighted by molar-refractivity contribution is 8.24. The van der Waals surface area contributed by atoms with Crippen LogP contribution >= 0.6 is 24.0 Å². The molecule has 2 heterocycles. The van der Waals surface area contributed by atoms with E-state index in [4.69, 9.17) is 12.2 Å². The summed E-state index contributed by atoms with van der Waals surface area (Å²) >= 11 is 6.88. The van der Waals surface area contributed by atoms with Gasteiger partial charge in [-0.3, -0.25) is 5.21 Å². The number of carbonyl (C=O) groups is 1. The van der Waals surface area contributed by atoms with Crippen LogP contribution in [0.25, 0.3) is 10.9 Å². The van der Waals surface area contributed by atoms with E-state index in [9.17, 15) is 10.0 Å². The van der Waals surface area contributed by atoms with Crippen LogP contribution in [0.4, 0.5) is 4.79 Å². The first-order valence-electron chi connectivity index (χ1n) is 9.23. The molecule has 1 saturated heterocycles. The molecular formula is C19H25N5O2S2. The monoisotopic (exact) mass is 419 g/mol. The van der Waals surface area contributed by atoms with Gasteiger partial charge in [-0.15, -0.1) is 0 Å². The quantitative estimate of drug-likeness (QED) is 0.215. The topological polar surface area (TPSA) is 84.0 Å². The minimum Gasteiger partial charge on any atom is -0.361 e. The van der Waals surface area contributed by atoms with E-state index in [1.54, 1.807) is 6.21 Å². The maximum atomic E-state index is 12.4. The van der Waals surface area contributed by atoms with Crippen molar-refractivity contribution in [1.82, 2.24) is 20.4 Å². The number of benzene rings is 1. The second-order valence-corrected chi connectivity index (χ2v) is 9.44. The summed E-state index contributed by atoms with van der Waals surface area (Å²) in [5.41, 5.74) is 1.92. The summed E-state index contributed by atoms with van der Waals surface area (Å²) in [5.74, 6) is 0. The minimum atomic E-state index is -0.715. The third-order valence-electron chi connectivity index (χ3n) is 4.58. The largest absolute Gasteiger partial charge is 0.361 e. The summed E-state index contributed by atoms with van der Waals surface area (Å²) in [4.78, 5) is 15.6. The second kappa shape index (κ2) is 8.50. The van der Waals surface area contributed by atoms with E-state index >= 15 is 0 Å². The smallest absolute Gasteiger partial charge is 0.343 e. The second-order valence-electron chi connectivity index (χ2n) is 7.15. The lowest BCUT2D eigenvalue weighted by molar-refractivity contribution is -0.118. The van der Waals surface area contributed by atoms with E-state index in [0.717, 1.165) is 29.3 Å². The van der Waals surface area contributed by atoms with Crippen LogP contribution in [-0.2, 0) is 0 Å². The maximum absolute atomic E-state index is 12.4. The number of hydrogen-bond acceptors (Lipinski definition) is 5. The molecular weight excluding hydrogens is 394 g/mol. The standard InChI is InChI=1S/C19H25N5O2S2/c1-4-5-10-20-17(25)24(26)16-19(2,3)28-18(27)23(16)22-12-13-11-21-15-9-7-6-8-14(13)15/h6-9,11-12,16,21,26H,4-5,10H2,1-3H3,(H,20,25)/b22-12-/t16-/m0/s1. The molecule has 1 atom stereocenters. The number of H-pyrrole nitrogens is 1. The summed E-state index contributed by atoms with van der Waals surface area (Å²) in [7, 11) is 0. The molecule has 1 fully saturated rings. The highest BCUT2D eigenvalue weighted by Crippen LogP contribution is 2.42. The van der Waals surface area contributed by atoms with Gasteiger partial charge in [0.2, 0.25) is 0 Å². The predicted octanol–water partition coefficient (Wildman–Crippen LogP) is 4.14. The molecule has 0 spiro atoms. The fraction of sp³-hybridized carbons (Fsp3) is 0.421. The summed E-state index contributed by atoms with van der Waals surface area (Å²) in [6.07, 6.45) is 4.66. The molecule has 1 aliphatic heterocycles. The zero-order chi connectivity index (χ0) is 20.3. The van der Waals surface area contributed by atoms with Crippen LogP contribution in [0.3, 0.4) is 0 Å². The number of thiocarbonyl (C=S) groups is 1. The number of nitrogens with one attached hydrogen (secondary N) is 2. The minimum absolute atomic E-state index is 0.506. The van der Waals surface area contributed by atoms with E-state index in [-0.39, 0.29) is 0 Å². The highest BCUT2D eigenvalue weighted by Gasteiger charge is 2.49. The van der Waals surface area contributed by atoms with Gasteiger partial charge < -0.3 is 10.3 Å². The summed E-state index contributed by atoms with van der Waals surface area (Å²) in [6, 6.07) is 7.37. The Labute approximate surface area is 174 Å². The van der Waals surface area contributed by atoms with Gasteiger partial charge in [0.15, 0.2) is 10.5 Å². The van der Waals surface area contributed by atoms with Crippen molar-refractivity contribution < 1.29 is 10.0 Å². The van der Waals surface area contributed by atoms with Crippen molar-refractivity contribution in [3.05, 3.63) is 36.0 Å². The molecule has 0 bridgehead atoms. The van der Waals surface area contributed by atoms with Crippen LogP contribution in [-0.4, -0.2) is 54.3 Å². The molecule has 2 amide bonds. The lowest BCUT2D eigenvalue weighted by Crippen LogP contribution is -2.55. The molecule has 3 rings (SSSR count). The zero-order valence-electron chi connectivity index (χ0n) is 16.2. The Bertz CT molecular complexity index is 895. The number of hydrazone groups is 1. The molecule has 1 aromatic carbocycles. The van der Waals surface area contributed by atoms with Gasteiger partial charge in [-0.1, -0.05) is 55.5 Å². The van der Waals surface area contributed by atoms with E-state index in [0.29, 0.717) is 15.9 Å². The first-order valence-corrected chi connectivity index (χ1v) is 10.5. The van der Waals surface area contributed by atoms with Gasteiger partial charge >= 0.3 is 6.03 Å². The van der Waals surface area contributed by atoms with Gasteiger partial charge in [-0.2, -0.15) is 10.2 Å². The van der Waals surface area contributed by atoms with Crippen LogP contribution in [0.15, 0.2) is 35.6 Å². The predicted molar refractivity (Wildman–Crippen MR) is 118 cm³/mol. The molecule has 9 heteroatoms. The number of fused-ring (bicyclic) bond motifs is 1. The molecule has 0 unspecified atom stereocenters. The van der Waals surface area contributed by atoms with E-state index in [1.807, 2.05) is 51.2 Å². The van der Waals surface area contributed by atoms with Crippen LogP contribution in [0, 0.1) is 0 Å². The van der Waals surface area contributed by atoms with Crippen molar-refractivity contribution in [2.45, 2.75) is 44.5 Å². The lowest BCUT2D eigenvalue weighted by Gasteiger charge is -2.34. The third kappa shape index (κ3) is 4.16. The number of thioether (sulfide) groups is 1. The number of para-hydroxylation sites is 1. The van der Waals surface area contributed by atoms with Crippen LogP contribution in [0.1, 0.15) is 39.2 Å². The zero-order valence-corrected chi connectivity index (χ0v) is 17.8. The van der Waals surface area contributed by atoms with Gasteiger partial charge in [0.1, 0.15) is 0 Å². The third-order valence-corrected chi connectivity index (χ3v) is 6.12. The Kier molecular flexibility index (Phi) is 6.26. The van der Waals surface area contributed by atoms with Crippen LogP contribution in [0.2, 0.25) is 0 Å². The van der Waals surface area contributed by atoms with Crippen molar-refractivity contribution in [2.75, 3.05) is 6.54 Å². The summed E-state index contributed by atoms with van der Waals surface area (Å²) in [5, 5.41) is 21.1. The number of hydrogen-bond donors (Lipinski definition) is 3. The van der Waals surface area contributed by atoms with Crippen LogP contribution in [0.5, 0.6) is 0 Å². The molecule has 0 aliphatic carbocycles. The number of aromatic nitrogens is 1. The Balaban J connectivity index is 1.83. The number of nitrogens with zero attached hydrogens (tertiary/aromatic N) is 3. The molecule has 1 aliphatic rings. The molecule has 2 aromatic rings. The molecule has 150 valence electrons. The molecule has 3 N–H and O–H groups in total. The van der Waals surface area contributed by atoms with E-state index in [1.165, 1.54) is 16.8 Å². The van der Waals surface area contributed by atoms with Crippen molar-refractivity contribution in [2.24, 2.45) is 5.10 Å². The Morgan fingerprint density at radius 2 is 2.25 bits per heavy atom. The van der Waals surface area contributed by atoms with Gasteiger partial charge in [-0.05, 0) is 26.3 Å². The molecule has 7 nitrogen and oxygen atoms in total. The first kappa shape index (κ1) is 20.6. The van der Waals surface area contributed by atoms with Crippen molar-refractivity contribution in [3.63, 3.8) is 0 Å². The van der Waals surface area contributed by atoms with Gasteiger partial charge in [0, 0.05) is 29.2 Å². The number of rotatable bonds is 6. The molecule has 0 radical (unpaired) electrons. The number of amides is 2. The average Bonchev–Trinajstić information content (AvgIpc) is 3.16. The van der Waals surface area contributed by atoms with Crippen molar-refractivity contribution in [1.29, 1.82) is 0 Å². The van der Waals surface area contributed by atoms with Crippen molar-refractivity contribution in [3.8, 4) is 0 Å². The Morgan fingerprint density at radius 1 is 1.50 bits per heavy atom. The number of aromatic amines is 1. The fourth-order valence-electron chi connectivity index (χ4n) is 3.12. The van der Waals surface area contributed by atoms with Gasteiger partial charge in [0.05, 0.1) is 11.0 Å². The number of unbranched alkanes of at least 4 members (excludes halogenated alkanes) is 1. The first-order chi connectivity index (χ1) is 13.3. The van der Waals surface area contributed by atoms with E-state index in [2.05, 4.69) is 15.4 Å². The fourth-order valence-corrected chi connectivity index (χ4v) is 4.90. The molecule has 0 saturated carbocycles. The summed E-state index contributed by atoms with van der Waals surface area (Å²) in [6.45, 7) is 6.41. The molecule has 28 heavy (non-hydrogen) atoms. The highest BCUT2D eigenvalue weighted by atomic mass is 32.2. The molecule has 1 aromatic heterocycles. The Hall–Kier alpha value is -2.10. The number of urea groups is 1. The average molecular weight is 420 g/mol. The summed E-state index contributed by atoms with van der Waals surface area (Å²) < 4.78 is -0.0163. The Morgan fingerprint density at radius 3 is 3.00 bits per heavy atom. The van der Waals surface area contributed by atoms with Gasteiger partial charge in [0.25, 0.3) is 0 Å². The SMILES string of the molecule is CCCCNC(=O)N(O)[C@@H]1N(/N=C\c2c[nH]c3ccccc23)C(=S)SC1(C)C. The normalized spacial score (nSPS) is 18.9. The van der Waals surface area contributed by atoms with Crippen molar-refractivity contribution >= 4 is 51.4 Å². The number of hydroxylamine groups is 2. The lowest BCUT2D eigenvalue weighted by atomic mass is 10.1. The van der Waals surface area contributed by atoms with Crippen LogP contribution < -0.4 is 5.32 Å².